The summed E-state index contributed by atoms with van der Waals surface area (Å²) in [6.45, 7) is 16.9. The Labute approximate surface area is 192 Å². The van der Waals surface area contributed by atoms with E-state index < -0.39 is 6.03 Å². The molecule has 1 aliphatic heterocycles. The Morgan fingerprint density at radius 1 is 1.18 bits per heavy atom. The molecule has 3 aromatic rings. The Bertz CT molecular complexity index is 1280. The summed E-state index contributed by atoms with van der Waals surface area (Å²) in [5.41, 5.74) is 3.51. The summed E-state index contributed by atoms with van der Waals surface area (Å²) in [5, 5.41) is 6.49. The van der Waals surface area contributed by atoms with Crippen LogP contribution in [0.4, 0.5) is 21.9 Å². The van der Waals surface area contributed by atoms with Crippen LogP contribution in [0.3, 0.4) is 0 Å². The molecular weight excluding hydrogens is 416 g/mol. The molecule has 0 bridgehead atoms. The van der Waals surface area contributed by atoms with Gasteiger partial charge in [-0.25, -0.2) is 16.2 Å². The van der Waals surface area contributed by atoms with Crippen molar-refractivity contribution >= 4 is 39.9 Å². The summed E-state index contributed by atoms with van der Waals surface area (Å²) in [7, 11) is 0. The van der Waals surface area contributed by atoms with Gasteiger partial charge in [0.05, 0.1) is 6.57 Å². The molecule has 1 aromatic heterocycles. The zero-order valence-electron chi connectivity index (χ0n) is 18.3. The van der Waals surface area contributed by atoms with E-state index in [0.717, 1.165) is 29.3 Å². The molecule has 8 heteroatoms. The Morgan fingerprint density at radius 2 is 1.97 bits per heavy atom. The van der Waals surface area contributed by atoms with Crippen LogP contribution in [0, 0.1) is 19.1 Å². The first-order chi connectivity index (χ1) is 16.0. The molecule has 0 unspecified atom stereocenters. The molecule has 0 radical (unpaired) electrons. The number of carbonyl (C=O) groups excluding carboxylic acids is 2. The Morgan fingerprint density at radius 3 is 2.73 bits per heavy atom. The third-order valence-electron chi connectivity index (χ3n) is 5.86. The largest absolute Gasteiger partial charge is 0.361 e. The summed E-state index contributed by atoms with van der Waals surface area (Å²) >= 11 is 0. The van der Waals surface area contributed by atoms with Crippen LogP contribution in [0.15, 0.2) is 48.7 Å². The fourth-order valence-electron chi connectivity index (χ4n) is 4.21. The number of fused-ring (bicyclic) bond motifs is 1. The first-order valence-electron chi connectivity index (χ1n) is 10.8. The second-order valence-electron chi connectivity index (χ2n) is 8.20. The molecule has 3 N–H and O–H groups in total. The maximum absolute atomic E-state index is 12.9. The van der Waals surface area contributed by atoms with Crippen LogP contribution in [0.25, 0.3) is 20.6 Å². The highest BCUT2D eigenvalue weighted by Crippen LogP contribution is 2.27. The quantitative estimate of drug-likeness (QED) is 0.464. The topological polar surface area (TPSA) is 85.9 Å². The fraction of sp³-hybridized carbons (Fsp3) is 0.280. The number of nitrogens with one attached hydrogen (secondary N) is 3. The lowest BCUT2D eigenvalue weighted by Gasteiger charge is -2.20. The number of hydrogen-bond donors (Lipinski definition) is 3. The Hall–Kier alpha value is -4.30. The Balaban J connectivity index is 1.46. The van der Waals surface area contributed by atoms with Gasteiger partial charge in [-0.2, -0.15) is 0 Å². The van der Waals surface area contributed by atoms with E-state index in [1.54, 1.807) is 35.2 Å². The third kappa shape index (κ3) is 4.81. The van der Waals surface area contributed by atoms with Crippen LogP contribution in [0.1, 0.15) is 25.3 Å². The number of nitrogens with zero attached hydrogens (tertiary/aromatic N) is 3. The molecule has 33 heavy (non-hydrogen) atoms. The summed E-state index contributed by atoms with van der Waals surface area (Å²) in [5.74, 6) is -0.237. The molecule has 1 aliphatic rings. The molecule has 0 aliphatic carbocycles. The van der Waals surface area contributed by atoms with Gasteiger partial charge in [-0.05, 0) is 48.7 Å². The van der Waals surface area contributed by atoms with Crippen molar-refractivity contribution in [3.05, 3.63) is 77.1 Å². The van der Waals surface area contributed by atoms with Crippen molar-refractivity contribution in [1.29, 1.82) is 0 Å². The zero-order chi connectivity index (χ0) is 23.4. The van der Waals surface area contributed by atoms with Crippen molar-refractivity contribution in [2.45, 2.75) is 32.4 Å². The van der Waals surface area contributed by atoms with Crippen LogP contribution in [-0.4, -0.2) is 34.5 Å². The smallest absolute Gasteiger partial charge is 0.323 e. The highest BCUT2D eigenvalue weighted by atomic mass is 16.2. The van der Waals surface area contributed by atoms with E-state index in [-0.39, 0.29) is 18.0 Å². The monoisotopic (exact) mass is 440 g/mol. The van der Waals surface area contributed by atoms with E-state index in [9.17, 15) is 9.59 Å². The number of urea groups is 1. The van der Waals surface area contributed by atoms with Gasteiger partial charge >= 0.3 is 12.2 Å². The predicted octanol–water partition coefficient (Wildman–Crippen LogP) is 5.41. The number of hydrogen-bond acceptors (Lipinski definition) is 2. The van der Waals surface area contributed by atoms with E-state index >= 15 is 0 Å². The van der Waals surface area contributed by atoms with Crippen molar-refractivity contribution < 1.29 is 9.59 Å². The average molecular weight is 441 g/mol. The average Bonchev–Trinajstić information content (AvgIpc) is 3.45. The van der Waals surface area contributed by atoms with E-state index in [0.29, 0.717) is 30.0 Å². The number of carbonyl (C=O) groups is 2. The molecule has 8 nitrogen and oxygen atoms in total. The van der Waals surface area contributed by atoms with Gasteiger partial charge < -0.3 is 15.6 Å². The molecule has 0 spiro atoms. The number of aromatic amines is 1. The molecule has 0 saturated carbocycles. The molecule has 166 valence electrons. The molecule has 1 saturated heterocycles. The van der Waals surface area contributed by atoms with Crippen molar-refractivity contribution in [3.63, 3.8) is 0 Å². The SMILES string of the molecule is [C-]#[N+]c1cccc(NC(=O)Nc2ccc3[nH]cc(C[C@@H](C)C(=O)N4CCC[C@H]4[N+]#[C-])c3c2)c1. The molecule has 1 fully saturated rings. The maximum atomic E-state index is 12.9. The second-order valence-corrected chi connectivity index (χ2v) is 8.20. The summed E-state index contributed by atoms with van der Waals surface area (Å²) in [6, 6.07) is 11.9. The number of H-pyrrole nitrogens is 1. The van der Waals surface area contributed by atoms with Crippen molar-refractivity contribution in [3.8, 4) is 0 Å². The van der Waals surface area contributed by atoms with Crippen LogP contribution in [-0.2, 0) is 11.2 Å². The Kier molecular flexibility index (Phi) is 6.28. The number of rotatable bonds is 5. The molecule has 2 aromatic carbocycles. The number of aromatic nitrogens is 1. The molecule has 2 heterocycles. The molecule has 2 atom stereocenters. The summed E-state index contributed by atoms with van der Waals surface area (Å²) < 4.78 is 0. The van der Waals surface area contributed by atoms with Crippen molar-refractivity contribution in [2.75, 3.05) is 17.2 Å². The number of likely N-dealkylation sites (tertiary alicyclic amines) is 1. The van der Waals surface area contributed by atoms with E-state index in [1.165, 1.54) is 0 Å². The summed E-state index contributed by atoms with van der Waals surface area (Å²) in [4.78, 5) is 37.2. The van der Waals surface area contributed by atoms with Gasteiger partial charge in [0.25, 0.3) is 0 Å². The lowest BCUT2D eigenvalue weighted by Crippen LogP contribution is -2.38. The highest BCUT2D eigenvalue weighted by molar-refractivity contribution is 6.01. The first-order valence-corrected chi connectivity index (χ1v) is 10.8. The first kappa shape index (κ1) is 21.9. The van der Waals surface area contributed by atoms with Crippen molar-refractivity contribution in [2.24, 2.45) is 5.92 Å². The standard InChI is InChI=1S/C25H24N6O2/c1-16(24(32)31-11-5-8-23(31)27-3)12-17-15-28-22-10-9-20(14-21(17)22)30-25(33)29-19-7-4-6-18(13-19)26-2/h4,6-7,9-10,13-16,23,28H,5,8,11-12H2,1H3,(H2,29,30,33)/t16-,23+/m1/s1. The normalized spacial score (nSPS) is 16.1. The van der Waals surface area contributed by atoms with E-state index in [1.807, 2.05) is 25.3 Å². The zero-order valence-corrected chi connectivity index (χ0v) is 18.3. The molecule has 3 amide bonds. The molecular formula is C25H24N6O2. The summed E-state index contributed by atoms with van der Waals surface area (Å²) in [6.07, 6.45) is 3.71. The van der Waals surface area contributed by atoms with Gasteiger partial charge in [0.1, 0.15) is 0 Å². The predicted molar refractivity (Wildman–Crippen MR) is 128 cm³/mol. The fourth-order valence-corrected chi connectivity index (χ4v) is 4.21. The van der Waals surface area contributed by atoms with Gasteiger partial charge in [0.2, 0.25) is 5.91 Å². The minimum Gasteiger partial charge on any atom is -0.361 e. The number of benzene rings is 2. The van der Waals surface area contributed by atoms with E-state index in [2.05, 4.69) is 25.3 Å². The lowest BCUT2D eigenvalue weighted by molar-refractivity contribution is -0.135. The van der Waals surface area contributed by atoms with Crippen molar-refractivity contribution in [1.82, 2.24) is 9.88 Å². The highest BCUT2D eigenvalue weighted by Gasteiger charge is 2.35. The van der Waals surface area contributed by atoms with Gasteiger partial charge in [-0.3, -0.25) is 14.5 Å². The van der Waals surface area contributed by atoms with Crippen LogP contribution >= 0.6 is 0 Å². The van der Waals surface area contributed by atoms with Gasteiger partial charge in [-0.15, -0.1) is 0 Å². The van der Waals surface area contributed by atoms with Gasteiger partial charge in [0.15, 0.2) is 5.69 Å². The number of amides is 3. The van der Waals surface area contributed by atoms with Crippen LogP contribution in [0.2, 0.25) is 0 Å². The van der Waals surface area contributed by atoms with Crippen LogP contribution < -0.4 is 10.6 Å². The van der Waals surface area contributed by atoms with Crippen LogP contribution in [0.5, 0.6) is 0 Å². The third-order valence-corrected chi connectivity index (χ3v) is 5.86. The minimum atomic E-state index is -0.406. The van der Waals surface area contributed by atoms with E-state index in [4.69, 9.17) is 13.1 Å². The molecule has 4 rings (SSSR count). The maximum Gasteiger partial charge on any atom is 0.323 e. The number of anilines is 2. The van der Waals surface area contributed by atoms with Gasteiger partial charge in [0, 0.05) is 47.4 Å². The minimum absolute atomic E-state index is 0.0122. The lowest BCUT2D eigenvalue weighted by atomic mass is 9.99. The van der Waals surface area contributed by atoms with Gasteiger partial charge in [-0.1, -0.05) is 19.1 Å². The second kappa shape index (κ2) is 9.46.